The van der Waals surface area contributed by atoms with Gasteiger partial charge in [0.05, 0.1) is 11.3 Å². The first-order valence-corrected chi connectivity index (χ1v) is 9.22. The fourth-order valence-electron chi connectivity index (χ4n) is 3.19. The van der Waals surface area contributed by atoms with Gasteiger partial charge in [-0.15, -0.1) is 0 Å². The van der Waals surface area contributed by atoms with E-state index >= 15 is 0 Å². The highest BCUT2D eigenvalue weighted by Crippen LogP contribution is 2.34. The van der Waals surface area contributed by atoms with E-state index in [0.29, 0.717) is 6.04 Å². The zero-order valence-electron chi connectivity index (χ0n) is 15.5. The highest BCUT2D eigenvalue weighted by atomic mass is 35.5. The molecule has 0 unspecified atom stereocenters. The molecule has 0 saturated carbocycles. The molecule has 1 aromatic carbocycles. The van der Waals surface area contributed by atoms with Crippen molar-refractivity contribution in [3.05, 3.63) is 46.2 Å². The van der Waals surface area contributed by atoms with E-state index in [1.54, 1.807) is 0 Å². The number of halogens is 1. The standard InChI is InChI=1S/C20H25ClN4/c1-6-15(7-2)23-18-11-13(4)22-20-19(14(5)24-25(18)20)16-9-8-12(3)10-17(16)21/h8-11,15,23H,6-7H2,1-5H3. The van der Waals surface area contributed by atoms with Crippen molar-refractivity contribution in [2.45, 2.75) is 53.5 Å². The number of nitrogens with one attached hydrogen (secondary N) is 1. The highest BCUT2D eigenvalue weighted by molar-refractivity contribution is 6.33. The van der Waals surface area contributed by atoms with Crippen LogP contribution in [0.2, 0.25) is 5.02 Å². The van der Waals surface area contributed by atoms with Crippen LogP contribution < -0.4 is 5.32 Å². The van der Waals surface area contributed by atoms with Gasteiger partial charge >= 0.3 is 0 Å². The Kier molecular flexibility index (Phi) is 5.00. The molecule has 2 aromatic heterocycles. The zero-order chi connectivity index (χ0) is 18.1. The predicted molar refractivity (Wildman–Crippen MR) is 106 cm³/mol. The van der Waals surface area contributed by atoms with Gasteiger partial charge in [-0.3, -0.25) is 0 Å². The third-order valence-electron chi connectivity index (χ3n) is 4.62. The molecule has 3 rings (SSSR count). The van der Waals surface area contributed by atoms with Crippen LogP contribution in [0.15, 0.2) is 24.3 Å². The SMILES string of the molecule is CCC(CC)Nc1cc(C)nc2c(-c3ccc(C)cc3Cl)c(C)nn12. The topological polar surface area (TPSA) is 42.2 Å². The molecule has 0 atom stereocenters. The zero-order valence-corrected chi connectivity index (χ0v) is 16.3. The van der Waals surface area contributed by atoms with Crippen molar-refractivity contribution >= 4 is 23.1 Å². The molecule has 0 saturated heterocycles. The maximum Gasteiger partial charge on any atom is 0.165 e. The highest BCUT2D eigenvalue weighted by Gasteiger charge is 2.18. The largest absolute Gasteiger partial charge is 0.367 e. The molecular formula is C20H25ClN4. The van der Waals surface area contributed by atoms with Gasteiger partial charge in [0, 0.05) is 28.4 Å². The number of hydrogen-bond acceptors (Lipinski definition) is 3. The summed E-state index contributed by atoms with van der Waals surface area (Å²) in [5.41, 5.74) is 5.86. The van der Waals surface area contributed by atoms with E-state index in [1.165, 1.54) is 0 Å². The summed E-state index contributed by atoms with van der Waals surface area (Å²) in [4.78, 5) is 4.76. The Morgan fingerprint density at radius 2 is 1.84 bits per heavy atom. The summed E-state index contributed by atoms with van der Waals surface area (Å²) in [6.07, 6.45) is 2.13. The number of aryl methyl sites for hydroxylation is 3. The second kappa shape index (κ2) is 7.04. The van der Waals surface area contributed by atoms with Gasteiger partial charge in [0.25, 0.3) is 0 Å². The Hall–Kier alpha value is -2.07. The van der Waals surface area contributed by atoms with E-state index in [2.05, 4.69) is 37.4 Å². The molecule has 3 aromatic rings. The summed E-state index contributed by atoms with van der Waals surface area (Å²) in [5, 5.41) is 9.09. The molecule has 0 fully saturated rings. The minimum atomic E-state index is 0.418. The molecular weight excluding hydrogens is 332 g/mol. The van der Waals surface area contributed by atoms with Crippen molar-refractivity contribution < 1.29 is 0 Å². The second-order valence-corrected chi connectivity index (χ2v) is 7.03. The van der Waals surface area contributed by atoms with Crippen LogP contribution in [0.1, 0.15) is 43.6 Å². The lowest BCUT2D eigenvalue weighted by molar-refractivity contribution is 0.663. The maximum absolute atomic E-state index is 6.52. The number of hydrogen-bond donors (Lipinski definition) is 1. The number of aromatic nitrogens is 3. The van der Waals surface area contributed by atoms with E-state index in [1.807, 2.05) is 31.4 Å². The van der Waals surface area contributed by atoms with Gasteiger partial charge in [-0.05, 0) is 45.2 Å². The fraction of sp³-hybridized carbons (Fsp3) is 0.400. The Morgan fingerprint density at radius 3 is 2.48 bits per heavy atom. The van der Waals surface area contributed by atoms with E-state index in [9.17, 15) is 0 Å². The average Bonchev–Trinajstić information content (AvgIpc) is 2.89. The van der Waals surface area contributed by atoms with Gasteiger partial charge < -0.3 is 5.32 Å². The second-order valence-electron chi connectivity index (χ2n) is 6.62. The van der Waals surface area contributed by atoms with E-state index in [0.717, 1.165) is 57.4 Å². The summed E-state index contributed by atoms with van der Waals surface area (Å²) in [6.45, 7) is 10.5. The summed E-state index contributed by atoms with van der Waals surface area (Å²) in [7, 11) is 0. The molecule has 0 aliphatic rings. The van der Waals surface area contributed by atoms with Gasteiger partial charge in [0.15, 0.2) is 5.65 Å². The van der Waals surface area contributed by atoms with Crippen LogP contribution in [-0.4, -0.2) is 20.6 Å². The number of fused-ring (bicyclic) bond motifs is 1. The van der Waals surface area contributed by atoms with Crippen molar-refractivity contribution in [1.82, 2.24) is 14.6 Å². The van der Waals surface area contributed by atoms with Crippen LogP contribution >= 0.6 is 11.6 Å². The van der Waals surface area contributed by atoms with Crippen molar-refractivity contribution in [3.63, 3.8) is 0 Å². The first kappa shape index (κ1) is 17.7. The molecule has 0 aliphatic carbocycles. The van der Waals surface area contributed by atoms with E-state index < -0.39 is 0 Å². The van der Waals surface area contributed by atoms with Crippen LogP contribution in [0.4, 0.5) is 5.82 Å². The van der Waals surface area contributed by atoms with Crippen molar-refractivity contribution in [2.75, 3.05) is 5.32 Å². The van der Waals surface area contributed by atoms with Gasteiger partial charge in [0.1, 0.15) is 5.82 Å². The molecule has 0 bridgehead atoms. The van der Waals surface area contributed by atoms with Crippen LogP contribution in [0.5, 0.6) is 0 Å². The first-order chi connectivity index (χ1) is 11.9. The number of benzene rings is 1. The number of rotatable bonds is 5. The molecule has 5 heteroatoms. The van der Waals surface area contributed by atoms with Crippen LogP contribution in [0.25, 0.3) is 16.8 Å². The Balaban J connectivity index is 2.21. The van der Waals surface area contributed by atoms with Crippen LogP contribution in [0.3, 0.4) is 0 Å². The maximum atomic E-state index is 6.52. The summed E-state index contributed by atoms with van der Waals surface area (Å²) >= 11 is 6.52. The molecule has 132 valence electrons. The minimum Gasteiger partial charge on any atom is -0.367 e. The lowest BCUT2D eigenvalue weighted by atomic mass is 10.0. The van der Waals surface area contributed by atoms with Crippen molar-refractivity contribution in [3.8, 4) is 11.1 Å². The quantitative estimate of drug-likeness (QED) is 0.649. The van der Waals surface area contributed by atoms with Gasteiger partial charge in [-0.1, -0.05) is 37.6 Å². The van der Waals surface area contributed by atoms with E-state index in [-0.39, 0.29) is 0 Å². The summed E-state index contributed by atoms with van der Waals surface area (Å²) in [5.74, 6) is 0.980. The fourth-order valence-corrected chi connectivity index (χ4v) is 3.52. The molecule has 2 heterocycles. The number of nitrogens with zero attached hydrogens (tertiary/aromatic N) is 3. The van der Waals surface area contributed by atoms with Crippen LogP contribution in [0, 0.1) is 20.8 Å². The molecule has 1 N–H and O–H groups in total. The summed E-state index contributed by atoms with van der Waals surface area (Å²) in [6, 6.07) is 8.58. The average molecular weight is 357 g/mol. The third-order valence-corrected chi connectivity index (χ3v) is 4.94. The Morgan fingerprint density at radius 1 is 1.12 bits per heavy atom. The minimum absolute atomic E-state index is 0.418. The van der Waals surface area contributed by atoms with Crippen molar-refractivity contribution in [1.29, 1.82) is 0 Å². The smallest absolute Gasteiger partial charge is 0.165 e. The van der Waals surface area contributed by atoms with Crippen LogP contribution in [-0.2, 0) is 0 Å². The summed E-state index contributed by atoms with van der Waals surface area (Å²) < 4.78 is 1.91. The molecule has 0 radical (unpaired) electrons. The molecule has 4 nitrogen and oxygen atoms in total. The molecule has 0 aliphatic heterocycles. The molecule has 25 heavy (non-hydrogen) atoms. The van der Waals surface area contributed by atoms with Gasteiger partial charge in [0.2, 0.25) is 0 Å². The molecule has 0 amide bonds. The van der Waals surface area contributed by atoms with Gasteiger partial charge in [-0.2, -0.15) is 9.61 Å². The predicted octanol–water partition coefficient (Wildman–Crippen LogP) is 5.58. The van der Waals surface area contributed by atoms with Crippen molar-refractivity contribution in [2.24, 2.45) is 0 Å². The molecule has 0 spiro atoms. The Bertz CT molecular complexity index is 910. The third kappa shape index (κ3) is 3.36. The van der Waals surface area contributed by atoms with E-state index in [4.69, 9.17) is 21.7 Å². The Labute approximate surface area is 154 Å². The monoisotopic (exact) mass is 356 g/mol. The lowest BCUT2D eigenvalue weighted by Crippen LogP contribution is -2.19. The number of anilines is 1. The normalized spacial score (nSPS) is 11.5. The lowest BCUT2D eigenvalue weighted by Gasteiger charge is -2.17. The first-order valence-electron chi connectivity index (χ1n) is 8.84. The van der Waals surface area contributed by atoms with Gasteiger partial charge in [-0.25, -0.2) is 4.98 Å².